The second-order valence-corrected chi connectivity index (χ2v) is 5.12. The molecule has 0 aliphatic rings. The molecule has 2 aromatic rings. The van der Waals surface area contributed by atoms with E-state index in [4.69, 9.17) is 16.3 Å². The molecule has 1 amide bonds. The van der Waals surface area contributed by atoms with Gasteiger partial charge in [0.2, 0.25) is 0 Å². The van der Waals surface area contributed by atoms with Crippen molar-refractivity contribution in [1.29, 1.82) is 0 Å². The molecule has 21 heavy (non-hydrogen) atoms. The number of halogens is 1. The molecule has 0 bridgehead atoms. The van der Waals surface area contributed by atoms with Crippen molar-refractivity contribution < 1.29 is 9.53 Å². The number of benzene rings is 1. The Morgan fingerprint density at radius 2 is 2.19 bits per heavy atom. The van der Waals surface area contributed by atoms with Gasteiger partial charge in [-0.2, -0.15) is 0 Å². The monoisotopic (exact) mass is 304 g/mol. The predicted molar refractivity (Wildman–Crippen MR) is 82.4 cm³/mol. The van der Waals surface area contributed by atoms with E-state index in [0.29, 0.717) is 17.3 Å². The molecule has 1 aromatic heterocycles. The van der Waals surface area contributed by atoms with Crippen LogP contribution in [-0.4, -0.2) is 17.0 Å². The van der Waals surface area contributed by atoms with Gasteiger partial charge in [0, 0.05) is 11.2 Å². The minimum absolute atomic E-state index is 0.187. The zero-order chi connectivity index (χ0) is 15.2. The molecule has 1 N–H and O–H groups in total. The fraction of sp³-hybridized carbons (Fsp3) is 0.250. The van der Waals surface area contributed by atoms with Crippen LogP contribution >= 0.6 is 11.6 Å². The molecule has 4 nitrogen and oxygen atoms in total. The molecule has 0 aliphatic carbocycles. The van der Waals surface area contributed by atoms with E-state index < -0.39 is 6.10 Å². The zero-order valence-corrected chi connectivity index (χ0v) is 12.7. The van der Waals surface area contributed by atoms with Crippen LogP contribution in [0.4, 0.5) is 0 Å². The molecule has 0 aliphatic heterocycles. The summed E-state index contributed by atoms with van der Waals surface area (Å²) in [5.74, 6) is 0.436. The highest BCUT2D eigenvalue weighted by molar-refractivity contribution is 6.31. The number of carbonyl (C=O) groups is 1. The van der Waals surface area contributed by atoms with Crippen LogP contribution in [0.25, 0.3) is 0 Å². The summed E-state index contributed by atoms with van der Waals surface area (Å²) in [5, 5.41) is 3.47. The molecule has 1 atom stereocenters. The Bertz CT molecular complexity index is 617. The number of amides is 1. The molecule has 1 aromatic carbocycles. The average Bonchev–Trinajstić information content (AvgIpc) is 2.49. The Balaban J connectivity index is 1.88. The number of aromatic nitrogens is 1. The summed E-state index contributed by atoms with van der Waals surface area (Å²) in [6.07, 6.45) is 1.10. The number of aryl methyl sites for hydroxylation is 1. The molecule has 110 valence electrons. The summed E-state index contributed by atoms with van der Waals surface area (Å²) in [6.45, 7) is 3.98. The van der Waals surface area contributed by atoms with Gasteiger partial charge >= 0.3 is 0 Å². The van der Waals surface area contributed by atoms with Crippen molar-refractivity contribution in [1.82, 2.24) is 10.3 Å². The van der Waals surface area contributed by atoms with Crippen molar-refractivity contribution in [2.45, 2.75) is 26.5 Å². The average molecular weight is 305 g/mol. The van der Waals surface area contributed by atoms with Crippen molar-refractivity contribution in [3.8, 4) is 5.75 Å². The molecule has 5 heteroatoms. The van der Waals surface area contributed by atoms with Gasteiger partial charge in [0.05, 0.1) is 12.2 Å². The molecule has 1 heterocycles. The highest BCUT2D eigenvalue weighted by Crippen LogP contribution is 2.21. The number of ether oxygens (including phenoxy) is 1. The quantitative estimate of drug-likeness (QED) is 0.923. The maximum atomic E-state index is 12.0. The van der Waals surface area contributed by atoms with Gasteiger partial charge in [0.15, 0.2) is 6.10 Å². The second kappa shape index (κ2) is 7.09. The summed E-state index contributed by atoms with van der Waals surface area (Å²) in [6, 6.07) is 10.9. The van der Waals surface area contributed by atoms with E-state index in [1.807, 2.05) is 31.2 Å². The highest BCUT2D eigenvalue weighted by atomic mass is 35.5. The maximum Gasteiger partial charge on any atom is 0.261 e. The number of nitrogens with one attached hydrogen (secondary N) is 1. The fourth-order valence-electron chi connectivity index (χ4n) is 1.77. The number of nitrogens with zero attached hydrogens (tertiary/aromatic N) is 1. The normalized spacial score (nSPS) is 11.8. The first-order valence-electron chi connectivity index (χ1n) is 6.66. The van der Waals surface area contributed by atoms with Gasteiger partial charge in [0.1, 0.15) is 5.75 Å². The van der Waals surface area contributed by atoms with E-state index in [2.05, 4.69) is 10.3 Å². The standard InChI is InChI=1S/C16H17ClN2O2/c1-11-9-14(6-7-15(11)17)21-12(2)16(20)19-10-13-5-3-4-8-18-13/h3-9,12H,10H2,1-2H3,(H,19,20)/t12-/m1/s1. The van der Waals surface area contributed by atoms with E-state index in [-0.39, 0.29) is 5.91 Å². The number of hydrogen-bond acceptors (Lipinski definition) is 3. The molecular weight excluding hydrogens is 288 g/mol. The van der Waals surface area contributed by atoms with Crippen molar-refractivity contribution in [2.75, 3.05) is 0 Å². The van der Waals surface area contributed by atoms with E-state index in [1.165, 1.54) is 0 Å². The van der Waals surface area contributed by atoms with Gasteiger partial charge in [-0.25, -0.2) is 0 Å². The summed E-state index contributed by atoms with van der Waals surface area (Å²) in [7, 11) is 0. The van der Waals surface area contributed by atoms with Gasteiger partial charge < -0.3 is 10.1 Å². The van der Waals surface area contributed by atoms with Crippen LogP contribution in [0.1, 0.15) is 18.2 Å². The summed E-state index contributed by atoms with van der Waals surface area (Å²) in [4.78, 5) is 16.1. The molecular formula is C16H17ClN2O2. The molecule has 0 radical (unpaired) electrons. The highest BCUT2D eigenvalue weighted by Gasteiger charge is 2.14. The molecule has 0 spiro atoms. The first-order valence-corrected chi connectivity index (χ1v) is 7.04. The van der Waals surface area contributed by atoms with Crippen LogP contribution in [0.15, 0.2) is 42.6 Å². The number of hydrogen-bond donors (Lipinski definition) is 1. The Labute approximate surface area is 129 Å². The van der Waals surface area contributed by atoms with Gasteiger partial charge in [-0.3, -0.25) is 9.78 Å². The number of pyridine rings is 1. The predicted octanol–water partition coefficient (Wildman–Crippen LogP) is 3.13. The maximum absolute atomic E-state index is 12.0. The number of carbonyl (C=O) groups excluding carboxylic acids is 1. The van der Waals surface area contributed by atoms with Crippen LogP contribution in [0.3, 0.4) is 0 Å². The minimum Gasteiger partial charge on any atom is -0.481 e. The molecule has 0 fully saturated rings. The first-order chi connectivity index (χ1) is 10.1. The third kappa shape index (κ3) is 4.46. The third-order valence-corrected chi connectivity index (χ3v) is 3.41. The lowest BCUT2D eigenvalue weighted by molar-refractivity contribution is -0.127. The van der Waals surface area contributed by atoms with Gasteiger partial charge in [0.25, 0.3) is 5.91 Å². The van der Waals surface area contributed by atoms with Crippen molar-refractivity contribution in [3.05, 3.63) is 58.9 Å². The lowest BCUT2D eigenvalue weighted by Gasteiger charge is -2.15. The van der Waals surface area contributed by atoms with Crippen molar-refractivity contribution >= 4 is 17.5 Å². The minimum atomic E-state index is -0.589. The lowest BCUT2D eigenvalue weighted by Crippen LogP contribution is -2.36. The van der Waals surface area contributed by atoms with Gasteiger partial charge in [-0.1, -0.05) is 17.7 Å². The SMILES string of the molecule is Cc1cc(O[C@H](C)C(=O)NCc2ccccn2)ccc1Cl. The largest absolute Gasteiger partial charge is 0.481 e. The van der Waals surface area contributed by atoms with E-state index in [0.717, 1.165) is 11.3 Å². The molecule has 2 rings (SSSR count). The van der Waals surface area contributed by atoms with Crippen molar-refractivity contribution in [2.24, 2.45) is 0 Å². The van der Waals surface area contributed by atoms with Gasteiger partial charge in [-0.15, -0.1) is 0 Å². The van der Waals surface area contributed by atoms with E-state index in [1.54, 1.807) is 25.3 Å². The summed E-state index contributed by atoms with van der Waals surface area (Å²) >= 11 is 5.96. The lowest BCUT2D eigenvalue weighted by atomic mass is 10.2. The Morgan fingerprint density at radius 3 is 2.86 bits per heavy atom. The van der Waals surface area contributed by atoms with Gasteiger partial charge in [-0.05, 0) is 49.7 Å². The fourth-order valence-corrected chi connectivity index (χ4v) is 1.89. The third-order valence-electron chi connectivity index (χ3n) is 2.98. The Hall–Kier alpha value is -2.07. The second-order valence-electron chi connectivity index (χ2n) is 4.71. The van der Waals surface area contributed by atoms with Crippen LogP contribution in [0, 0.1) is 6.92 Å². The Morgan fingerprint density at radius 1 is 1.38 bits per heavy atom. The molecule has 0 saturated heterocycles. The van der Waals surface area contributed by atoms with Crippen LogP contribution in [0.2, 0.25) is 5.02 Å². The van der Waals surface area contributed by atoms with Crippen LogP contribution < -0.4 is 10.1 Å². The smallest absolute Gasteiger partial charge is 0.261 e. The molecule has 0 unspecified atom stereocenters. The Kier molecular flexibility index (Phi) is 5.17. The molecule has 0 saturated carbocycles. The first kappa shape index (κ1) is 15.3. The van der Waals surface area contributed by atoms with Crippen molar-refractivity contribution in [3.63, 3.8) is 0 Å². The zero-order valence-electron chi connectivity index (χ0n) is 12.0. The van der Waals surface area contributed by atoms with Crippen LogP contribution in [0.5, 0.6) is 5.75 Å². The number of rotatable bonds is 5. The van der Waals surface area contributed by atoms with E-state index in [9.17, 15) is 4.79 Å². The van der Waals surface area contributed by atoms with E-state index >= 15 is 0 Å². The topological polar surface area (TPSA) is 51.2 Å². The van der Waals surface area contributed by atoms with Crippen LogP contribution in [-0.2, 0) is 11.3 Å². The summed E-state index contributed by atoms with van der Waals surface area (Å²) in [5.41, 5.74) is 1.72. The summed E-state index contributed by atoms with van der Waals surface area (Å²) < 4.78 is 5.61.